The van der Waals surface area contributed by atoms with Crippen LogP contribution in [0.1, 0.15) is 55.3 Å². The minimum Gasteiger partial charge on any atom is -0.494 e. The molecule has 1 atom stereocenters. The number of ether oxygens (including phenoxy) is 1. The number of hydrogen-bond donors (Lipinski definition) is 2. The van der Waals surface area contributed by atoms with Crippen LogP contribution in [-0.4, -0.2) is 29.5 Å². The lowest BCUT2D eigenvalue weighted by atomic mass is 9.96. The van der Waals surface area contributed by atoms with Gasteiger partial charge in [0.2, 0.25) is 5.91 Å². The maximum absolute atomic E-state index is 12.1. The zero-order valence-electron chi connectivity index (χ0n) is 12.8. The van der Waals surface area contributed by atoms with E-state index in [-0.39, 0.29) is 11.8 Å². The Morgan fingerprint density at radius 1 is 1.23 bits per heavy atom. The molecule has 5 heteroatoms. The molecule has 5 nitrogen and oxygen atoms in total. The van der Waals surface area contributed by atoms with E-state index in [1.807, 2.05) is 12.1 Å². The molecule has 2 N–H and O–H groups in total. The highest BCUT2D eigenvalue weighted by atomic mass is 16.5. The van der Waals surface area contributed by atoms with E-state index in [0.717, 1.165) is 41.1 Å². The van der Waals surface area contributed by atoms with Crippen molar-refractivity contribution in [2.24, 2.45) is 0 Å². The number of imidazole rings is 1. The van der Waals surface area contributed by atoms with Crippen LogP contribution in [0.4, 0.5) is 0 Å². The first kappa shape index (κ1) is 13.6. The van der Waals surface area contributed by atoms with E-state index >= 15 is 0 Å². The number of aromatic amines is 1. The van der Waals surface area contributed by atoms with Crippen molar-refractivity contribution in [2.75, 3.05) is 13.7 Å². The molecule has 0 bridgehead atoms. The monoisotopic (exact) mass is 299 g/mol. The van der Waals surface area contributed by atoms with Crippen molar-refractivity contribution in [3.8, 4) is 5.75 Å². The van der Waals surface area contributed by atoms with Gasteiger partial charge in [-0.15, -0.1) is 0 Å². The molecular formula is C17H21N3O2. The van der Waals surface area contributed by atoms with Crippen LogP contribution in [0.5, 0.6) is 5.75 Å². The lowest BCUT2D eigenvalue weighted by Crippen LogP contribution is -2.18. The molecule has 1 saturated carbocycles. The summed E-state index contributed by atoms with van der Waals surface area (Å²) in [5.74, 6) is 2.38. The van der Waals surface area contributed by atoms with E-state index in [0.29, 0.717) is 5.92 Å². The second-order valence-corrected chi connectivity index (χ2v) is 6.32. The zero-order valence-corrected chi connectivity index (χ0v) is 12.8. The summed E-state index contributed by atoms with van der Waals surface area (Å²) < 4.78 is 5.46. The van der Waals surface area contributed by atoms with Gasteiger partial charge in [0.05, 0.1) is 18.5 Å². The molecule has 4 rings (SSSR count). The first-order valence-corrected chi connectivity index (χ1v) is 8.12. The van der Waals surface area contributed by atoms with E-state index in [2.05, 4.69) is 10.3 Å². The topological polar surface area (TPSA) is 67.0 Å². The number of nitrogens with zero attached hydrogens (tertiary/aromatic N) is 1. The quantitative estimate of drug-likeness (QED) is 0.916. The number of nitrogens with one attached hydrogen (secondary N) is 2. The normalized spacial score (nSPS) is 22.4. The maximum atomic E-state index is 12.1. The third-order valence-electron chi connectivity index (χ3n) is 5.04. The third kappa shape index (κ3) is 2.07. The van der Waals surface area contributed by atoms with Crippen LogP contribution in [0.25, 0.3) is 11.0 Å². The van der Waals surface area contributed by atoms with Gasteiger partial charge in [-0.2, -0.15) is 0 Å². The Morgan fingerprint density at radius 2 is 2.05 bits per heavy atom. The Labute approximate surface area is 129 Å². The number of methoxy groups -OCH3 is 1. The van der Waals surface area contributed by atoms with Crippen LogP contribution in [0.3, 0.4) is 0 Å². The summed E-state index contributed by atoms with van der Waals surface area (Å²) in [5, 5.41) is 2.92. The molecule has 1 aromatic heterocycles. The van der Waals surface area contributed by atoms with E-state index in [1.165, 1.54) is 25.7 Å². The number of amides is 1. The van der Waals surface area contributed by atoms with Gasteiger partial charge in [0, 0.05) is 12.5 Å². The second-order valence-electron chi connectivity index (χ2n) is 6.32. The van der Waals surface area contributed by atoms with E-state index in [1.54, 1.807) is 7.11 Å². The molecule has 22 heavy (non-hydrogen) atoms. The molecule has 0 spiro atoms. The summed E-state index contributed by atoms with van der Waals surface area (Å²) in [6, 6.07) is 3.94. The minimum absolute atomic E-state index is 0.0784. The average Bonchev–Trinajstić information content (AvgIpc) is 3.25. The Kier molecular flexibility index (Phi) is 3.28. The number of carbonyl (C=O) groups excluding carboxylic acids is 1. The Balaban J connectivity index is 1.85. The molecule has 1 saturated heterocycles. The SMILES string of the molecule is COc1ccc(C2CCNC2=O)c2[nH]c(C3CCCC3)nc12. The minimum atomic E-state index is -0.0784. The largest absolute Gasteiger partial charge is 0.494 e. The molecule has 116 valence electrons. The summed E-state index contributed by atoms with van der Waals surface area (Å²) in [4.78, 5) is 20.4. The number of hydrogen-bond acceptors (Lipinski definition) is 3. The number of fused-ring (bicyclic) bond motifs is 1. The summed E-state index contributed by atoms with van der Waals surface area (Å²) in [6.45, 7) is 0.751. The number of benzene rings is 1. The fourth-order valence-electron chi connectivity index (χ4n) is 3.84. The van der Waals surface area contributed by atoms with Gasteiger partial charge in [0.25, 0.3) is 0 Å². The molecule has 1 amide bonds. The van der Waals surface area contributed by atoms with Crippen LogP contribution in [0.15, 0.2) is 12.1 Å². The molecule has 0 radical (unpaired) electrons. The van der Waals surface area contributed by atoms with Gasteiger partial charge < -0.3 is 15.0 Å². The molecular weight excluding hydrogens is 278 g/mol. The first-order valence-electron chi connectivity index (χ1n) is 8.12. The van der Waals surface area contributed by atoms with Gasteiger partial charge in [-0.05, 0) is 30.9 Å². The Morgan fingerprint density at radius 3 is 2.73 bits per heavy atom. The van der Waals surface area contributed by atoms with E-state index in [9.17, 15) is 4.79 Å². The van der Waals surface area contributed by atoms with Gasteiger partial charge in [0.15, 0.2) is 0 Å². The van der Waals surface area contributed by atoms with Crippen molar-refractivity contribution < 1.29 is 9.53 Å². The number of rotatable bonds is 3. The van der Waals surface area contributed by atoms with Crippen LogP contribution < -0.4 is 10.1 Å². The first-order chi connectivity index (χ1) is 10.8. The third-order valence-corrected chi connectivity index (χ3v) is 5.04. The van der Waals surface area contributed by atoms with Crippen molar-refractivity contribution in [1.29, 1.82) is 0 Å². The predicted molar refractivity (Wildman–Crippen MR) is 84.2 cm³/mol. The van der Waals surface area contributed by atoms with Crippen molar-refractivity contribution in [1.82, 2.24) is 15.3 Å². The molecule has 2 fully saturated rings. The molecule has 2 aliphatic rings. The highest BCUT2D eigenvalue weighted by molar-refractivity contribution is 5.93. The standard InChI is InChI=1S/C17H21N3O2/c1-22-13-7-6-11(12-8-9-18-17(12)21)14-15(13)20-16(19-14)10-4-2-3-5-10/h6-7,10,12H,2-5,8-9H2,1H3,(H,18,21)(H,19,20). The van der Waals surface area contributed by atoms with Crippen molar-refractivity contribution in [2.45, 2.75) is 43.9 Å². The van der Waals surface area contributed by atoms with Crippen LogP contribution in [0, 0.1) is 0 Å². The van der Waals surface area contributed by atoms with Crippen LogP contribution >= 0.6 is 0 Å². The van der Waals surface area contributed by atoms with Crippen LogP contribution in [0.2, 0.25) is 0 Å². The molecule has 1 aliphatic heterocycles. The van der Waals surface area contributed by atoms with E-state index in [4.69, 9.17) is 9.72 Å². The van der Waals surface area contributed by atoms with Gasteiger partial charge in [-0.25, -0.2) is 4.98 Å². The Bertz CT molecular complexity index is 716. The van der Waals surface area contributed by atoms with E-state index < -0.39 is 0 Å². The number of aromatic nitrogens is 2. The molecule has 2 aromatic rings. The van der Waals surface area contributed by atoms with Gasteiger partial charge in [-0.1, -0.05) is 18.9 Å². The average molecular weight is 299 g/mol. The summed E-state index contributed by atoms with van der Waals surface area (Å²) in [5.41, 5.74) is 2.88. The van der Waals surface area contributed by atoms with Gasteiger partial charge in [-0.3, -0.25) is 4.79 Å². The number of carbonyl (C=O) groups is 1. The maximum Gasteiger partial charge on any atom is 0.227 e. The fourth-order valence-corrected chi connectivity index (χ4v) is 3.84. The lowest BCUT2D eigenvalue weighted by molar-refractivity contribution is -0.120. The van der Waals surface area contributed by atoms with Crippen molar-refractivity contribution >= 4 is 16.9 Å². The zero-order chi connectivity index (χ0) is 15.1. The molecule has 1 aromatic carbocycles. The Hall–Kier alpha value is -2.04. The summed E-state index contributed by atoms with van der Waals surface area (Å²) in [6.07, 6.45) is 5.79. The van der Waals surface area contributed by atoms with Crippen molar-refractivity contribution in [3.63, 3.8) is 0 Å². The highest BCUT2D eigenvalue weighted by Crippen LogP contribution is 2.38. The fraction of sp³-hybridized carbons (Fsp3) is 0.529. The molecule has 1 aliphatic carbocycles. The highest BCUT2D eigenvalue weighted by Gasteiger charge is 2.30. The van der Waals surface area contributed by atoms with Gasteiger partial charge >= 0.3 is 0 Å². The summed E-state index contributed by atoms with van der Waals surface area (Å²) in [7, 11) is 1.67. The van der Waals surface area contributed by atoms with Crippen LogP contribution in [-0.2, 0) is 4.79 Å². The predicted octanol–water partition coefficient (Wildman–Crippen LogP) is 2.83. The molecule has 1 unspecified atom stereocenters. The smallest absolute Gasteiger partial charge is 0.227 e. The molecule has 2 heterocycles. The summed E-state index contributed by atoms with van der Waals surface area (Å²) >= 11 is 0. The lowest BCUT2D eigenvalue weighted by Gasteiger charge is -2.10. The van der Waals surface area contributed by atoms with Crippen molar-refractivity contribution in [3.05, 3.63) is 23.5 Å². The number of H-pyrrole nitrogens is 1. The van der Waals surface area contributed by atoms with Gasteiger partial charge in [0.1, 0.15) is 17.1 Å². The second kappa shape index (κ2) is 5.30.